The van der Waals surface area contributed by atoms with Gasteiger partial charge in [0.25, 0.3) is 5.92 Å². The summed E-state index contributed by atoms with van der Waals surface area (Å²) >= 11 is 0. The lowest BCUT2D eigenvalue weighted by molar-refractivity contribution is 0.0152. The minimum absolute atomic E-state index is 0.0560. The van der Waals surface area contributed by atoms with Crippen LogP contribution in [0.5, 0.6) is 0 Å². The molecule has 0 aromatic carbocycles. The number of piperidine rings is 1. The number of hydrogen-bond acceptors (Lipinski definition) is 5. The van der Waals surface area contributed by atoms with Crippen molar-refractivity contribution in [3.8, 4) is 0 Å². The molecule has 2 heterocycles. The predicted octanol–water partition coefficient (Wildman–Crippen LogP) is 5.53. The van der Waals surface area contributed by atoms with Crippen LogP contribution >= 0.6 is 0 Å². The van der Waals surface area contributed by atoms with Crippen molar-refractivity contribution in [3.05, 3.63) is 17.5 Å². The Morgan fingerprint density at radius 1 is 1.22 bits per heavy atom. The number of rotatable bonds is 6. The lowest BCUT2D eigenvalue weighted by Gasteiger charge is -2.37. The van der Waals surface area contributed by atoms with E-state index in [1.807, 2.05) is 20.8 Å². The second kappa shape index (κ2) is 9.61. The third kappa shape index (κ3) is 6.86. The number of ether oxygens (including phenoxy) is 1. The smallest absolute Gasteiger partial charge is 0.407 e. The molecule has 2 fully saturated rings. The van der Waals surface area contributed by atoms with Crippen LogP contribution in [-0.2, 0) is 10.7 Å². The van der Waals surface area contributed by atoms with E-state index in [0.717, 1.165) is 26.3 Å². The average molecular weight is 460 g/mol. The average Bonchev–Trinajstić information content (AvgIpc) is 3.18. The molecule has 0 spiro atoms. The van der Waals surface area contributed by atoms with Crippen LogP contribution < -0.4 is 5.32 Å². The first-order valence-corrected chi connectivity index (χ1v) is 11.6. The van der Waals surface area contributed by atoms with E-state index in [0.29, 0.717) is 57.2 Å². The molecule has 1 amide bonds. The lowest BCUT2D eigenvalue weighted by atomic mass is 9.81. The molecule has 2 aliphatic rings. The van der Waals surface area contributed by atoms with Crippen molar-refractivity contribution in [3.63, 3.8) is 0 Å². The van der Waals surface area contributed by atoms with Gasteiger partial charge in [-0.3, -0.25) is 0 Å². The van der Waals surface area contributed by atoms with Gasteiger partial charge in [-0.1, -0.05) is 5.16 Å². The molecule has 1 N–H and O–H groups in total. The van der Waals surface area contributed by atoms with E-state index in [4.69, 9.17) is 9.26 Å². The first-order valence-electron chi connectivity index (χ1n) is 11.6. The quantitative estimate of drug-likeness (QED) is 0.606. The molecule has 9 heteroatoms. The minimum Gasteiger partial charge on any atom is -0.444 e. The van der Waals surface area contributed by atoms with Gasteiger partial charge in [0.2, 0.25) is 0 Å². The number of carbonyl (C=O) groups excluding carboxylic acids is 1. The van der Waals surface area contributed by atoms with E-state index in [1.54, 1.807) is 0 Å². The first-order chi connectivity index (χ1) is 14.8. The standard InChI is InChI=1S/C23H36F3N3O3/c1-21(2,3)32-20(30)27-17-5-9-23(26,10-6-17)11-14-29-12-7-16(8-13-29)19-18(15-31-28-19)22(4,24)25/h15-17H,5-14H2,1-4H3,(H,27,30). The van der Waals surface area contributed by atoms with Crippen molar-refractivity contribution in [2.24, 2.45) is 0 Å². The number of halogens is 3. The normalized spacial score (nSPS) is 26.2. The van der Waals surface area contributed by atoms with Crippen molar-refractivity contribution in [2.75, 3.05) is 19.6 Å². The summed E-state index contributed by atoms with van der Waals surface area (Å²) in [4.78, 5) is 14.1. The third-order valence-corrected chi connectivity index (χ3v) is 6.52. The zero-order valence-electron chi connectivity index (χ0n) is 19.6. The molecule has 1 aliphatic heterocycles. The molecule has 1 aromatic heterocycles. The highest BCUT2D eigenvalue weighted by Crippen LogP contribution is 2.38. The highest BCUT2D eigenvalue weighted by molar-refractivity contribution is 5.68. The van der Waals surface area contributed by atoms with Gasteiger partial charge in [-0.25, -0.2) is 18.0 Å². The molecular formula is C23H36F3N3O3. The number of likely N-dealkylation sites (tertiary alicyclic amines) is 1. The number of amides is 1. The molecule has 0 radical (unpaired) electrons. The summed E-state index contributed by atoms with van der Waals surface area (Å²) in [6.45, 7) is 8.39. The van der Waals surface area contributed by atoms with Gasteiger partial charge in [0.05, 0.1) is 11.3 Å². The van der Waals surface area contributed by atoms with E-state index in [9.17, 15) is 13.6 Å². The first kappa shape index (κ1) is 24.9. The Balaban J connectivity index is 1.40. The maximum absolute atomic E-state index is 15.3. The Morgan fingerprint density at radius 2 is 1.84 bits per heavy atom. The molecule has 1 aliphatic carbocycles. The van der Waals surface area contributed by atoms with Gasteiger partial charge in [-0.05, 0) is 78.8 Å². The molecular weight excluding hydrogens is 423 g/mol. The number of hydrogen-bond donors (Lipinski definition) is 1. The summed E-state index contributed by atoms with van der Waals surface area (Å²) in [5, 5.41) is 6.68. The van der Waals surface area contributed by atoms with Gasteiger partial charge >= 0.3 is 6.09 Å². The molecule has 1 saturated carbocycles. The number of alkyl carbamates (subject to hydrolysis) is 1. The van der Waals surface area contributed by atoms with Crippen molar-refractivity contribution >= 4 is 6.09 Å². The minimum atomic E-state index is -2.97. The van der Waals surface area contributed by atoms with Crippen LogP contribution in [0.2, 0.25) is 0 Å². The van der Waals surface area contributed by atoms with Gasteiger partial charge in [-0.15, -0.1) is 0 Å². The van der Waals surface area contributed by atoms with E-state index in [-0.39, 0.29) is 17.5 Å². The summed E-state index contributed by atoms with van der Waals surface area (Å²) in [5.41, 5.74) is -1.56. The second-order valence-electron chi connectivity index (χ2n) is 10.4. The third-order valence-electron chi connectivity index (χ3n) is 6.52. The number of carbonyl (C=O) groups is 1. The van der Waals surface area contributed by atoms with Gasteiger partial charge in [0.15, 0.2) is 0 Å². The number of alkyl halides is 3. The summed E-state index contributed by atoms with van der Waals surface area (Å²) < 4.78 is 52.9. The van der Waals surface area contributed by atoms with Gasteiger partial charge in [-0.2, -0.15) is 0 Å². The Morgan fingerprint density at radius 3 is 2.41 bits per heavy atom. The highest BCUT2D eigenvalue weighted by atomic mass is 19.3. The zero-order chi connectivity index (χ0) is 23.6. The van der Waals surface area contributed by atoms with Crippen molar-refractivity contribution in [1.29, 1.82) is 0 Å². The fraction of sp³-hybridized carbons (Fsp3) is 0.826. The van der Waals surface area contributed by atoms with Crippen LogP contribution in [0.3, 0.4) is 0 Å². The van der Waals surface area contributed by atoms with Crippen LogP contribution in [0, 0.1) is 0 Å². The topological polar surface area (TPSA) is 67.6 Å². The van der Waals surface area contributed by atoms with Gasteiger partial charge < -0.3 is 19.5 Å². The molecule has 182 valence electrons. The van der Waals surface area contributed by atoms with Crippen molar-refractivity contribution in [1.82, 2.24) is 15.4 Å². The van der Waals surface area contributed by atoms with E-state index >= 15 is 4.39 Å². The molecule has 3 rings (SSSR count). The van der Waals surface area contributed by atoms with E-state index in [2.05, 4.69) is 15.4 Å². The summed E-state index contributed by atoms with van der Waals surface area (Å²) in [6, 6.07) is -0.0576. The maximum Gasteiger partial charge on any atom is 0.407 e. The molecule has 1 aromatic rings. The SMILES string of the molecule is CC(C)(C)OC(=O)NC1CCC(F)(CCN2CCC(c3nocc3C(C)(F)F)CC2)CC1. The fourth-order valence-corrected chi connectivity index (χ4v) is 4.66. The van der Waals surface area contributed by atoms with Crippen molar-refractivity contribution < 1.29 is 27.2 Å². The highest BCUT2D eigenvalue weighted by Gasteiger charge is 2.38. The summed E-state index contributed by atoms with van der Waals surface area (Å²) in [5.74, 6) is -3.02. The fourth-order valence-electron chi connectivity index (χ4n) is 4.66. The van der Waals surface area contributed by atoms with Crippen LogP contribution in [0.15, 0.2) is 10.8 Å². The molecule has 6 nitrogen and oxygen atoms in total. The van der Waals surface area contributed by atoms with Gasteiger partial charge in [0, 0.05) is 25.4 Å². The summed E-state index contributed by atoms with van der Waals surface area (Å²) in [6.07, 6.45) is 4.47. The Bertz CT molecular complexity index is 757. The Hall–Kier alpha value is -1.77. The number of nitrogens with zero attached hydrogens (tertiary/aromatic N) is 2. The molecule has 32 heavy (non-hydrogen) atoms. The maximum atomic E-state index is 15.3. The second-order valence-corrected chi connectivity index (χ2v) is 10.4. The van der Waals surface area contributed by atoms with Crippen molar-refractivity contribution in [2.45, 2.75) is 102 Å². The van der Waals surface area contributed by atoms with Crippen LogP contribution in [0.4, 0.5) is 18.0 Å². The summed E-state index contributed by atoms with van der Waals surface area (Å²) in [7, 11) is 0. The lowest BCUT2D eigenvalue weighted by Crippen LogP contribution is -2.45. The van der Waals surface area contributed by atoms with E-state index < -0.39 is 23.3 Å². The molecule has 0 unspecified atom stereocenters. The Kier molecular flexibility index (Phi) is 7.47. The van der Waals surface area contributed by atoms with Crippen LogP contribution in [0.25, 0.3) is 0 Å². The van der Waals surface area contributed by atoms with E-state index in [1.165, 1.54) is 0 Å². The number of aromatic nitrogens is 1. The molecule has 0 atom stereocenters. The van der Waals surface area contributed by atoms with Gasteiger partial charge in [0.1, 0.15) is 17.5 Å². The monoisotopic (exact) mass is 459 g/mol. The molecule has 0 bridgehead atoms. The zero-order valence-corrected chi connectivity index (χ0v) is 19.6. The largest absolute Gasteiger partial charge is 0.444 e. The van der Waals surface area contributed by atoms with Crippen LogP contribution in [0.1, 0.15) is 89.8 Å². The van der Waals surface area contributed by atoms with Crippen LogP contribution in [-0.4, -0.2) is 53.1 Å². The predicted molar refractivity (Wildman–Crippen MR) is 115 cm³/mol. The Labute approximate surface area is 188 Å². The number of nitrogens with one attached hydrogen (secondary N) is 1. The molecule has 1 saturated heterocycles.